The van der Waals surface area contributed by atoms with E-state index < -0.39 is 5.91 Å². The van der Waals surface area contributed by atoms with Crippen LogP contribution in [0.1, 0.15) is 11.1 Å². The van der Waals surface area contributed by atoms with Gasteiger partial charge in [-0.15, -0.1) is 0 Å². The molecule has 2 aromatic rings. The Bertz CT molecular complexity index is 823. The molecule has 4 nitrogen and oxygen atoms in total. The van der Waals surface area contributed by atoms with E-state index in [0.717, 1.165) is 15.6 Å². The second-order valence-electron chi connectivity index (χ2n) is 5.13. The Morgan fingerprint density at radius 2 is 2.04 bits per heavy atom. The van der Waals surface area contributed by atoms with Crippen LogP contribution in [0.2, 0.25) is 0 Å². The number of carbonyl (C=O) groups excluding carboxylic acids is 1. The highest BCUT2D eigenvalue weighted by atomic mass is 79.9. The fraction of sp³-hybridized carbons (Fsp3) is 0.100. The molecule has 1 amide bonds. The van der Waals surface area contributed by atoms with Gasteiger partial charge in [-0.2, -0.15) is 5.26 Å². The highest BCUT2D eigenvalue weighted by Crippen LogP contribution is 2.27. The number of nitrogens with zero attached hydrogens (tertiary/aromatic N) is 1. The van der Waals surface area contributed by atoms with Gasteiger partial charge in [0, 0.05) is 6.54 Å². The first-order valence-corrected chi connectivity index (χ1v) is 8.40. The van der Waals surface area contributed by atoms with Crippen molar-refractivity contribution in [2.24, 2.45) is 0 Å². The SMILES string of the molecule is C=CCOc1ccc(/C=C(\C#N)C(=O)NCc2ccccc2)cc1Br. The summed E-state index contributed by atoms with van der Waals surface area (Å²) in [6.45, 7) is 4.38. The van der Waals surface area contributed by atoms with Gasteiger partial charge in [0.1, 0.15) is 24.0 Å². The predicted molar refractivity (Wildman–Crippen MR) is 102 cm³/mol. The van der Waals surface area contributed by atoms with Gasteiger partial charge in [-0.05, 0) is 45.3 Å². The first-order chi connectivity index (χ1) is 12.1. The topological polar surface area (TPSA) is 62.1 Å². The lowest BCUT2D eigenvalue weighted by Crippen LogP contribution is -2.23. The molecule has 0 aliphatic carbocycles. The minimum Gasteiger partial charge on any atom is -0.488 e. The number of nitriles is 1. The molecule has 25 heavy (non-hydrogen) atoms. The summed E-state index contributed by atoms with van der Waals surface area (Å²) in [6.07, 6.45) is 3.20. The van der Waals surface area contributed by atoms with Crippen LogP contribution < -0.4 is 10.1 Å². The highest BCUT2D eigenvalue weighted by Gasteiger charge is 2.09. The molecule has 0 atom stereocenters. The second-order valence-corrected chi connectivity index (χ2v) is 5.98. The minimum atomic E-state index is -0.408. The number of carbonyl (C=O) groups is 1. The summed E-state index contributed by atoms with van der Waals surface area (Å²) in [5.74, 6) is 0.263. The normalized spacial score (nSPS) is 10.6. The second kappa shape index (κ2) is 9.45. The molecule has 0 fully saturated rings. The van der Waals surface area contributed by atoms with Crippen LogP contribution in [0.25, 0.3) is 6.08 Å². The van der Waals surface area contributed by atoms with E-state index in [-0.39, 0.29) is 5.57 Å². The summed E-state index contributed by atoms with van der Waals surface area (Å²) >= 11 is 3.42. The molecule has 0 saturated carbocycles. The Hall–Kier alpha value is -2.84. The lowest BCUT2D eigenvalue weighted by Gasteiger charge is -2.07. The van der Waals surface area contributed by atoms with Crippen LogP contribution in [0.15, 0.2) is 71.2 Å². The Balaban J connectivity index is 2.08. The van der Waals surface area contributed by atoms with Crippen molar-refractivity contribution in [1.82, 2.24) is 5.32 Å². The maximum atomic E-state index is 12.2. The molecule has 0 unspecified atom stereocenters. The van der Waals surface area contributed by atoms with Gasteiger partial charge < -0.3 is 10.1 Å². The highest BCUT2D eigenvalue weighted by molar-refractivity contribution is 9.10. The van der Waals surface area contributed by atoms with E-state index in [1.165, 1.54) is 0 Å². The lowest BCUT2D eigenvalue weighted by molar-refractivity contribution is -0.117. The van der Waals surface area contributed by atoms with Crippen LogP contribution >= 0.6 is 15.9 Å². The van der Waals surface area contributed by atoms with Crippen LogP contribution in [0, 0.1) is 11.3 Å². The zero-order valence-corrected chi connectivity index (χ0v) is 15.1. The molecule has 0 aliphatic rings. The van der Waals surface area contributed by atoms with Crippen molar-refractivity contribution in [2.45, 2.75) is 6.54 Å². The molecule has 0 bridgehead atoms. The average molecular weight is 397 g/mol. The Kier molecular flexibility index (Phi) is 7.00. The number of hydrogen-bond donors (Lipinski definition) is 1. The number of nitrogens with one attached hydrogen (secondary N) is 1. The first kappa shape index (κ1) is 18.5. The van der Waals surface area contributed by atoms with E-state index in [2.05, 4.69) is 27.8 Å². The van der Waals surface area contributed by atoms with Gasteiger partial charge in [0.05, 0.1) is 4.47 Å². The number of hydrogen-bond acceptors (Lipinski definition) is 3. The monoisotopic (exact) mass is 396 g/mol. The standard InChI is InChI=1S/C20H17BrN2O2/c1-2-10-25-19-9-8-16(12-18(19)21)11-17(13-22)20(24)23-14-15-6-4-3-5-7-15/h2-9,11-12H,1,10,14H2,(H,23,24)/b17-11+. The maximum absolute atomic E-state index is 12.2. The molecule has 126 valence electrons. The summed E-state index contributed by atoms with van der Waals surface area (Å²) in [7, 11) is 0. The quantitative estimate of drug-likeness (QED) is 0.432. The van der Waals surface area contributed by atoms with Gasteiger partial charge >= 0.3 is 0 Å². The summed E-state index contributed by atoms with van der Waals surface area (Å²) in [6, 6.07) is 16.8. The molecule has 5 heteroatoms. The van der Waals surface area contributed by atoms with Crippen molar-refractivity contribution >= 4 is 27.9 Å². The molecule has 0 aromatic heterocycles. The third-order valence-electron chi connectivity index (χ3n) is 3.28. The van der Waals surface area contributed by atoms with E-state index in [4.69, 9.17) is 4.74 Å². The van der Waals surface area contributed by atoms with Gasteiger partial charge in [-0.1, -0.05) is 49.1 Å². The Morgan fingerprint density at radius 3 is 2.68 bits per heavy atom. The number of benzene rings is 2. The predicted octanol–water partition coefficient (Wildman–Crippen LogP) is 4.24. The van der Waals surface area contributed by atoms with Gasteiger partial charge in [0.15, 0.2) is 0 Å². The van der Waals surface area contributed by atoms with Gasteiger partial charge in [0.2, 0.25) is 0 Å². The summed E-state index contributed by atoms with van der Waals surface area (Å²) in [5, 5.41) is 12.0. The average Bonchev–Trinajstić information content (AvgIpc) is 2.64. The Labute approximate surface area is 155 Å². The molecule has 0 aliphatic heterocycles. The van der Waals surface area contributed by atoms with Crippen molar-refractivity contribution < 1.29 is 9.53 Å². The zero-order chi connectivity index (χ0) is 18.1. The smallest absolute Gasteiger partial charge is 0.262 e. The minimum absolute atomic E-state index is 0.0441. The zero-order valence-electron chi connectivity index (χ0n) is 13.5. The maximum Gasteiger partial charge on any atom is 0.262 e. The van der Waals surface area contributed by atoms with E-state index in [0.29, 0.717) is 18.9 Å². The largest absolute Gasteiger partial charge is 0.488 e. The van der Waals surface area contributed by atoms with E-state index in [9.17, 15) is 10.1 Å². The molecule has 1 N–H and O–H groups in total. The summed E-state index contributed by atoms with van der Waals surface area (Å²) in [4.78, 5) is 12.2. The molecule has 0 saturated heterocycles. The lowest BCUT2D eigenvalue weighted by atomic mass is 10.1. The Morgan fingerprint density at radius 1 is 1.28 bits per heavy atom. The molecular formula is C20H17BrN2O2. The first-order valence-electron chi connectivity index (χ1n) is 7.61. The fourth-order valence-corrected chi connectivity index (χ4v) is 2.57. The van der Waals surface area contributed by atoms with Gasteiger partial charge in [-0.25, -0.2) is 0 Å². The van der Waals surface area contributed by atoms with Crippen LogP contribution in [-0.4, -0.2) is 12.5 Å². The van der Waals surface area contributed by atoms with Gasteiger partial charge in [0.25, 0.3) is 5.91 Å². The van der Waals surface area contributed by atoms with Crippen LogP contribution in [0.5, 0.6) is 5.75 Å². The van der Waals surface area contributed by atoms with Crippen molar-refractivity contribution in [3.63, 3.8) is 0 Å². The van der Waals surface area contributed by atoms with Crippen LogP contribution in [0.3, 0.4) is 0 Å². The van der Waals surface area contributed by atoms with Crippen molar-refractivity contribution in [2.75, 3.05) is 6.61 Å². The third-order valence-corrected chi connectivity index (χ3v) is 3.90. The van der Waals surface area contributed by atoms with E-state index in [1.54, 1.807) is 30.4 Å². The number of amides is 1. The van der Waals surface area contributed by atoms with Crippen molar-refractivity contribution in [3.8, 4) is 11.8 Å². The molecule has 0 spiro atoms. The van der Waals surface area contributed by atoms with E-state index >= 15 is 0 Å². The molecule has 2 aromatic carbocycles. The van der Waals surface area contributed by atoms with Crippen molar-refractivity contribution in [1.29, 1.82) is 5.26 Å². The molecule has 0 radical (unpaired) electrons. The fourth-order valence-electron chi connectivity index (χ4n) is 2.06. The summed E-state index contributed by atoms with van der Waals surface area (Å²) in [5.41, 5.74) is 1.74. The molecular weight excluding hydrogens is 380 g/mol. The third kappa shape index (κ3) is 5.63. The number of rotatable bonds is 7. The van der Waals surface area contributed by atoms with E-state index in [1.807, 2.05) is 36.4 Å². The van der Waals surface area contributed by atoms with Crippen molar-refractivity contribution in [3.05, 3.63) is 82.4 Å². The number of ether oxygens (including phenoxy) is 1. The van der Waals surface area contributed by atoms with Crippen LogP contribution in [-0.2, 0) is 11.3 Å². The van der Waals surface area contributed by atoms with Gasteiger partial charge in [-0.3, -0.25) is 4.79 Å². The number of halogens is 1. The molecule has 0 heterocycles. The summed E-state index contributed by atoms with van der Waals surface area (Å²) < 4.78 is 6.22. The van der Waals surface area contributed by atoms with Crippen LogP contribution in [0.4, 0.5) is 0 Å². The molecule has 2 rings (SSSR count).